The average Bonchev–Trinajstić information content (AvgIpc) is 3.80. The third-order valence-corrected chi connectivity index (χ3v) is 12.0. The largest absolute Gasteiger partial charge is 0.464 e. The van der Waals surface area contributed by atoms with Crippen molar-refractivity contribution in [1.29, 1.82) is 0 Å². The Labute approximate surface area is 341 Å². The molecule has 1 fully saturated rings. The lowest BCUT2D eigenvalue weighted by molar-refractivity contribution is -0.147. The lowest BCUT2D eigenvalue weighted by Crippen LogP contribution is -2.44. The number of terminal acetylenes is 1. The third kappa shape index (κ3) is 12.6. The van der Waals surface area contributed by atoms with E-state index in [4.69, 9.17) is 30.7 Å². The summed E-state index contributed by atoms with van der Waals surface area (Å²) in [5.74, 6) is 2.10. The highest BCUT2D eigenvalue weighted by Gasteiger charge is 2.50. The van der Waals surface area contributed by atoms with Gasteiger partial charge in [0.05, 0.1) is 12.9 Å². The molecule has 5 rings (SSSR count). The first-order chi connectivity index (χ1) is 28.1. The Morgan fingerprint density at radius 2 is 1.67 bits per heavy atom. The van der Waals surface area contributed by atoms with Gasteiger partial charge in [-0.05, 0) is 42.9 Å². The molecule has 0 radical (unpaired) electrons. The summed E-state index contributed by atoms with van der Waals surface area (Å²) >= 11 is 0. The van der Waals surface area contributed by atoms with Crippen LogP contribution in [0.25, 0.3) is 11.2 Å². The number of aliphatic hydroxyl groups is 1. The molecule has 1 saturated heterocycles. The highest BCUT2D eigenvalue weighted by Crippen LogP contribution is 2.48. The Morgan fingerprint density at radius 1 is 1.03 bits per heavy atom. The van der Waals surface area contributed by atoms with Crippen molar-refractivity contribution in [2.45, 2.75) is 128 Å². The standard InChI is InChI=1S/C43H58FN6O7P/c1-4-7-9-11-15-23-33(24-16-12-10-8-5-2)29-54-41(52)35(27-32-21-17-13-18-22-32)49-58(53,57-34-25-19-14-20-26-34)55-30-43(6-3)36(51)28-37(56-43)50-31-46-38-39(45)47-42(44)48-40(38)50/h3,13-14,17-22,25-26,31,33,35-37,51H,4-5,7-12,15-16,23-24,27-30H2,1-2H3,(H,49,53)(H2,45,47,48)/t35-,36-,37+,43+,58-/m0/s1. The summed E-state index contributed by atoms with van der Waals surface area (Å²) in [6.07, 6.45) is 17.4. The number of nitrogens with zero attached hydrogens (tertiary/aromatic N) is 4. The number of carbonyl (C=O) groups is 1. The first-order valence-corrected chi connectivity index (χ1v) is 22.1. The van der Waals surface area contributed by atoms with Gasteiger partial charge in [0.2, 0.25) is 0 Å². The number of hydrogen-bond acceptors (Lipinski definition) is 11. The number of nitrogens with one attached hydrogen (secondary N) is 1. The molecule has 3 heterocycles. The second-order valence-electron chi connectivity index (χ2n) is 15.0. The molecule has 15 heteroatoms. The lowest BCUT2D eigenvalue weighted by atomic mass is 9.95. The number of unbranched alkanes of at least 4 members (excludes halogenated alkanes) is 8. The molecule has 0 amide bonds. The number of rotatable bonds is 25. The average molecular weight is 821 g/mol. The number of hydrogen-bond donors (Lipinski definition) is 3. The van der Waals surface area contributed by atoms with E-state index >= 15 is 0 Å². The number of halogens is 1. The minimum Gasteiger partial charge on any atom is -0.464 e. The Bertz CT molecular complexity index is 1950. The molecular formula is C43H58FN6O7P. The van der Waals surface area contributed by atoms with Gasteiger partial charge in [0.25, 0.3) is 0 Å². The van der Waals surface area contributed by atoms with Crippen LogP contribution in [0.1, 0.15) is 109 Å². The van der Waals surface area contributed by atoms with E-state index in [1.165, 1.54) is 49.4 Å². The normalized spacial score (nSPS) is 19.5. The van der Waals surface area contributed by atoms with Gasteiger partial charge in [-0.15, -0.1) is 6.42 Å². The number of imidazole rings is 1. The van der Waals surface area contributed by atoms with Gasteiger partial charge in [-0.1, -0.05) is 133 Å². The zero-order chi connectivity index (χ0) is 41.4. The SMILES string of the molecule is C#C[C@]1(CO[P@@](=O)(N[C@@H](Cc2ccccc2)C(=O)OCC(CCCCCCC)CCCCCCC)Oc2ccccc2)O[C@@H](n2cnc3c(N)nc(F)nc32)C[C@@H]1O. The summed E-state index contributed by atoms with van der Waals surface area (Å²) in [5.41, 5.74) is 4.96. The van der Waals surface area contributed by atoms with Gasteiger partial charge >= 0.3 is 19.8 Å². The number of esters is 1. The number of fused-ring (bicyclic) bond motifs is 1. The van der Waals surface area contributed by atoms with Crippen molar-refractivity contribution in [3.05, 3.63) is 78.6 Å². The highest BCUT2D eigenvalue weighted by atomic mass is 31.2. The molecule has 2 aromatic heterocycles. The van der Waals surface area contributed by atoms with Crippen LogP contribution in [0.2, 0.25) is 0 Å². The van der Waals surface area contributed by atoms with Crippen LogP contribution in [0.3, 0.4) is 0 Å². The van der Waals surface area contributed by atoms with Gasteiger partial charge in [0.15, 0.2) is 22.6 Å². The van der Waals surface area contributed by atoms with Gasteiger partial charge in [0.1, 0.15) is 30.7 Å². The maximum absolute atomic E-state index is 14.9. The quantitative estimate of drug-likeness (QED) is 0.0192. The van der Waals surface area contributed by atoms with Crippen molar-refractivity contribution in [2.75, 3.05) is 18.9 Å². The zero-order valence-electron chi connectivity index (χ0n) is 33.6. The molecule has 2 aromatic carbocycles. The number of benzene rings is 2. The molecule has 4 aromatic rings. The fourth-order valence-electron chi connectivity index (χ4n) is 7.14. The molecule has 0 aliphatic carbocycles. The predicted octanol–water partition coefficient (Wildman–Crippen LogP) is 8.48. The predicted molar refractivity (Wildman–Crippen MR) is 221 cm³/mol. The molecule has 13 nitrogen and oxygen atoms in total. The summed E-state index contributed by atoms with van der Waals surface area (Å²) in [6, 6.07) is 16.5. The topological polar surface area (TPSA) is 173 Å². The number of nitrogens with two attached hydrogens (primary N) is 1. The summed E-state index contributed by atoms with van der Waals surface area (Å²) in [7, 11) is -4.50. The van der Waals surface area contributed by atoms with Gasteiger partial charge in [-0.2, -0.15) is 19.4 Å². The summed E-state index contributed by atoms with van der Waals surface area (Å²) in [4.78, 5) is 25.6. The van der Waals surface area contributed by atoms with Gasteiger partial charge in [-0.25, -0.2) is 9.55 Å². The Kier molecular flexibility index (Phi) is 17.1. The summed E-state index contributed by atoms with van der Waals surface area (Å²) in [6.45, 7) is 4.01. The fraction of sp³-hybridized carbons (Fsp3) is 0.535. The van der Waals surface area contributed by atoms with Crippen molar-refractivity contribution in [3.63, 3.8) is 0 Å². The Morgan fingerprint density at radius 3 is 2.31 bits per heavy atom. The smallest absolute Gasteiger partial charge is 0.459 e. The lowest BCUT2D eigenvalue weighted by Gasteiger charge is -2.30. The van der Waals surface area contributed by atoms with Crippen LogP contribution in [0.15, 0.2) is 67.0 Å². The summed E-state index contributed by atoms with van der Waals surface area (Å²) in [5, 5.41) is 14.2. The highest BCUT2D eigenvalue weighted by molar-refractivity contribution is 7.52. The Balaban J connectivity index is 1.35. The van der Waals surface area contributed by atoms with E-state index < -0.39 is 50.4 Å². The first kappa shape index (κ1) is 44.7. The number of carbonyl (C=O) groups excluding carboxylic acids is 1. The molecular weight excluding hydrogens is 762 g/mol. The van der Waals surface area contributed by atoms with Crippen molar-refractivity contribution < 1.29 is 37.4 Å². The van der Waals surface area contributed by atoms with E-state index in [0.29, 0.717) is 0 Å². The van der Waals surface area contributed by atoms with Crippen molar-refractivity contribution in [3.8, 4) is 18.1 Å². The van der Waals surface area contributed by atoms with E-state index in [1.807, 2.05) is 30.3 Å². The number of aliphatic hydroxyl groups excluding tert-OH is 1. The van der Waals surface area contributed by atoms with E-state index in [1.54, 1.807) is 30.3 Å². The number of aromatic nitrogens is 4. The van der Waals surface area contributed by atoms with E-state index in [0.717, 1.165) is 44.1 Å². The molecule has 1 aliphatic heterocycles. The van der Waals surface area contributed by atoms with Crippen LogP contribution >= 0.6 is 7.75 Å². The molecule has 1 aliphatic rings. The zero-order valence-corrected chi connectivity index (χ0v) is 34.5. The molecule has 5 atom stereocenters. The first-order valence-electron chi connectivity index (χ1n) is 20.5. The summed E-state index contributed by atoms with van der Waals surface area (Å²) < 4.78 is 54.7. The number of ether oxygens (including phenoxy) is 2. The minimum atomic E-state index is -4.50. The Hall–Kier alpha value is -4.38. The molecule has 314 valence electrons. The van der Waals surface area contributed by atoms with Crippen LogP contribution in [0.5, 0.6) is 5.75 Å². The van der Waals surface area contributed by atoms with Gasteiger partial charge < -0.3 is 24.8 Å². The molecule has 0 spiro atoms. The molecule has 58 heavy (non-hydrogen) atoms. The van der Waals surface area contributed by atoms with Crippen LogP contribution in [-0.4, -0.2) is 61.6 Å². The van der Waals surface area contributed by atoms with Crippen LogP contribution in [0.4, 0.5) is 10.2 Å². The van der Waals surface area contributed by atoms with Crippen LogP contribution in [0, 0.1) is 24.3 Å². The minimum absolute atomic E-state index is 0.0354. The van der Waals surface area contributed by atoms with E-state index in [9.17, 15) is 18.9 Å². The molecule has 0 bridgehead atoms. The van der Waals surface area contributed by atoms with Gasteiger partial charge in [0, 0.05) is 6.42 Å². The van der Waals surface area contributed by atoms with Crippen LogP contribution in [-0.2, 0) is 29.8 Å². The second kappa shape index (κ2) is 22.1. The molecule has 0 unspecified atom stereocenters. The number of nitrogen functional groups attached to an aromatic ring is 1. The monoisotopic (exact) mass is 820 g/mol. The molecule has 0 saturated carbocycles. The third-order valence-electron chi connectivity index (χ3n) is 10.5. The van der Waals surface area contributed by atoms with Crippen molar-refractivity contribution in [2.24, 2.45) is 5.92 Å². The van der Waals surface area contributed by atoms with E-state index in [2.05, 4.69) is 39.8 Å². The second-order valence-corrected chi connectivity index (χ2v) is 16.7. The fourth-order valence-corrected chi connectivity index (χ4v) is 8.66. The maximum Gasteiger partial charge on any atom is 0.459 e. The van der Waals surface area contributed by atoms with Crippen molar-refractivity contribution in [1.82, 2.24) is 24.6 Å². The maximum atomic E-state index is 14.9. The van der Waals surface area contributed by atoms with E-state index in [-0.39, 0.29) is 48.1 Å². The van der Waals surface area contributed by atoms with Crippen molar-refractivity contribution >= 4 is 30.7 Å². The number of anilines is 1. The van der Waals surface area contributed by atoms with Gasteiger partial charge in [-0.3, -0.25) is 13.9 Å². The van der Waals surface area contributed by atoms with Crippen LogP contribution < -0.4 is 15.3 Å². The number of para-hydroxylation sites is 1. The molecule has 4 N–H and O–H groups in total.